The summed E-state index contributed by atoms with van der Waals surface area (Å²) in [6.07, 6.45) is 0.563. The highest BCUT2D eigenvalue weighted by Gasteiger charge is 2.29. The van der Waals surface area contributed by atoms with Crippen molar-refractivity contribution >= 4 is 22.6 Å². The fourth-order valence-electron chi connectivity index (χ4n) is 4.62. The number of carbonyl (C=O) groups is 1. The molecule has 0 aliphatic carbocycles. The van der Waals surface area contributed by atoms with Crippen molar-refractivity contribution in [2.24, 2.45) is 0 Å². The number of ether oxygens (including phenoxy) is 1. The van der Waals surface area contributed by atoms with Crippen molar-refractivity contribution in [2.75, 3.05) is 19.0 Å². The van der Waals surface area contributed by atoms with E-state index in [1.807, 2.05) is 80.6 Å². The molecule has 0 bridgehead atoms. The number of nitrogens with zero attached hydrogens (tertiary/aromatic N) is 3. The monoisotopic (exact) mass is 498 g/mol. The number of benzene rings is 3. The number of anilines is 1. The summed E-state index contributed by atoms with van der Waals surface area (Å²) in [5.74, 6) is 1.45. The van der Waals surface area contributed by atoms with Crippen molar-refractivity contribution in [3.8, 4) is 11.4 Å². The van der Waals surface area contributed by atoms with Gasteiger partial charge >= 0.3 is 6.03 Å². The lowest BCUT2D eigenvalue weighted by molar-refractivity contribution is 0.185. The van der Waals surface area contributed by atoms with Crippen LogP contribution in [0.5, 0.6) is 5.75 Å². The minimum Gasteiger partial charge on any atom is -0.495 e. The Kier molecular flexibility index (Phi) is 7.92. The molecule has 7 heteroatoms. The number of urea groups is 1. The van der Waals surface area contributed by atoms with Crippen molar-refractivity contribution in [1.29, 1.82) is 0 Å². The molecule has 4 rings (SSSR count). The van der Waals surface area contributed by atoms with E-state index in [-0.39, 0.29) is 11.6 Å². The van der Waals surface area contributed by atoms with Crippen molar-refractivity contribution in [3.05, 3.63) is 94.5 Å². The van der Waals surface area contributed by atoms with Gasteiger partial charge in [0.2, 0.25) is 0 Å². The van der Waals surface area contributed by atoms with Crippen LogP contribution in [0.3, 0.4) is 0 Å². The number of hydrogen-bond donors (Lipinski definition) is 1. The number of amides is 2. The summed E-state index contributed by atoms with van der Waals surface area (Å²) in [4.78, 5) is 34.0. The molecule has 4 aromatic rings. The Labute approximate surface area is 217 Å². The maximum Gasteiger partial charge on any atom is 0.322 e. The average molecular weight is 499 g/mol. The van der Waals surface area contributed by atoms with E-state index in [1.165, 1.54) is 5.56 Å². The molecule has 0 fully saturated rings. The Balaban J connectivity index is 1.82. The van der Waals surface area contributed by atoms with Gasteiger partial charge in [0.05, 0.1) is 29.7 Å². The molecule has 0 radical (unpaired) electrons. The lowest BCUT2D eigenvalue weighted by Gasteiger charge is -2.31. The molecule has 0 aliphatic heterocycles. The lowest BCUT2D eigenvalue weighted by Crippen LogP contribution is -2.40. The normalized spacial score (nSPS) is 11.9. The number of carbonyl (C=O) groups excluding carboxylic acids is 1. The molecule has 7 nitrogen and oxygen atoms in total. The van der Waals surface area contributed by atoms with E-state index < -0.39 is 6.04 Å². The summed E-state index contributed by atoms with van der Waals surface area (Å²) in [6.45, 7) is 8.62. The van der Waals surface area contributed by atoms with Gasteiger partial charge in [0.25, 0.3) is 5.56 Å². The van der Waals surface area contributed by atoms with Crippen molar-refractivity contribution in [1.82, 2.24) is 14.5 Å². The van der Waals surface area contributed by atoms with Gasteiger partial charge in [-0.1, -0.05) is 57.2 Å². The molecule has 1 atom stereocenters. The van der Waals surface area contributed by atoms with Gasteiger partial charge in [-0.25, -0.2) is 9.78 Å². The first-order valence-electron chi connectivity index (χ1n) is 12.7. The molecule has 3 aromatic carbocycles. The van der Waals surface area contributed by atoms with E-state index in [0.717, 1.165) is 5.69 Å². The number of nitrogens with one attached hydrogen (secondary N) is 1. The zero-order valence-corrected chi connectivity index (χ0v) is 22.1. The maximum atomic E-state index is 13.8. The molecule has 1 unspecified atom stereocenters. The summed E-state index contributed by atoms with van der Waals surface area (Å²) in [6, 6.07) is 21.8. The summed E-state index contributed by atoms with van der Waals surface area (Å²) < 4.78 is 7.18. The van der Waals surface area contributed by atoms with E-state index in [1.54, 1.807) is 22.6 Å². The molecule has 2 amide bonds. The smallest absolute Gasteiger partial charge is 0.322 e. The van der Waals surface area contributed by atoms with Gasteiger partial charge in [-0.2, -0.15) is 0 Å². The number of fused-ring (bicyclic) bond motifs is 1. The average Bonchev–Trinajstić information content (AvgIpc) is 2.92. The second kappa shape index (κ2) is 11.3. The van der Waals surface area contributed by atoms with Gasteiger partial charge in [0.15, 0.2) is 0 Å². The third-order valence-corrected chi connectivity index (χ3v) is 6.62. The van der Waals surface area contributed by atoms with E-state index in [9.17, 15) is 9.59 Å². The fourth-order valence-corrected chi connectivity index (χ4v) is 4.62. The van der Waals surface area contributed by atoms with Crippen LogP contribution in [0.2, 0.25) is 0 Å². The van der Waals surface area contributed by atoms with Crippen LogP contribution in [0.25, 0.3) is 16.6 Å². The number of rotatable bonds is 8. The van der Waals surface area contributed by atoms with E-state index in [4.69, 9.17) is 9.72 Å². The quantitative estimate of drug-likeness (QED) is 0.300. The standard InChI is InChI=1S/C30H34N4O3/c1-6-25(33(7-2)30(36)31-22-18-16-21(17-19-22)20(3)4)28-32-24-13-9-8-12-23(24)29(35)34(28)26-14-10-11-15-27(26)37-5/h8-20,25H,6-7H2,1-5H3,(H,31,36). The Morgan fingerprint density at radius 2 is 1.68 bits per heavy atom. The van der Waals surface area contributed by atoms with Crippen LogP contribution in [0, 0.1) is 0 Å². The topological polar surface area (TPSA) is 76.5 Å². The molecule has 0 aliphatic rings. The van der Waals surface area contributed by atoms with Crippen LogP contribution in [-0.4, -0.2) is 34.1 Å². The number of methoxy groups -OCH3 is 1. The van der Waals surface area contributed by atoms with Crippen LogP contribution in [0.1, 0.15) is 57.5 Å². The Morgan fingerprint density at radius 1 is 1.00 bits per heavy atom. The largest absolute Gasteiger partial charge is 0.495 e. The zero-order chi connectivity index (χ0) is 26.5. The van der Waals surface area contributed by atoms with Crippen LogP contribution in [0.4, 0.5) is 10.5 Å². The third-order valence-electron chi connectivity index (χ3n) is 6.62. The molecule has 1 heterocycles. The Hall–Kier alpha value is -4.13. The first-order chi connectivity index (χ1) is 17.9. The van der Waals surface area contributed by atoms with Crippen LogP contribution in [-0.2, 0) is 0 Å². The predicted molar refractivity (Wildman–Crippen MR) is 149 cm³/mol. The molecular weight excluding hydrogens is 464 g/mol. The Morgan fingerprint density at radius 3 is 2.32 bits per heavy atom. The molecule has 1 N–H and O–H groups in total. The molecule has 37 heavy (non-hydrogen) atoms. The number of para-hydroxylation sites is 3. The highest BCUT2D eigenvalue weighted by molar-refractivity contribution is 5.89. The van der Waals surface area contributed by atoms with Crippen LogP contribution < -0.4 is 15.6 Å². The molecular formula is C30H34N4O3. The number of aromatic nitrogens is 2. The second-order valence-corrected chi connectivity index (χ2v) is 9.22. The molecule has 192 valence electrons. The SMILES string of the molecule is CCC(c1nc2ccccc2c(=O)n1-c1ccccc1OC)N(CC)C(=O)Nc1ccc(C(C)C)cc1. The first-order valence-corrected chi connectivity index (χ1v) is 12.7. The van der Waals surface area contributed by atoms with E-state index in [2.05, 4.69) is 19.2 Å². The minimum atomic E-state index is -0.456. The highest BCUT2D eigenvalue weighted by Crippen LogP contribution is 2.30. The number of hydrogen-bond acceptors (Lipinski definition) is 4. The van der Waals surface area contributed by atoms with E-state index in [0.29, 0.717) is 47.0 Å². The maximum absolute atomic E-state index is 13.8. The summed E-state index contributed by atoms with van der Waals surface area (Å²) in [5, 5.41) is 3.53. The summed E-state index contributed by atoms with van der Waals surface area (Å²) in [7, 11) is 1.58. The van der Waals surface area contributed by atoms with Gasteiger partial charge in [0, 0.05) is 12.2 Å². The predicted octanol–water partition coefficient (Wildman–Crippen LogP) is 6.52. The molecule has 0 saturated carbocycles. The molecule has 0 saturated heterocycles. The Bertz CT molecular complexity index is 1440. The van der Waals surface area contributed by atoms with Crippen molar-refractivity contribution in [3.63, 3.8) is 0 Å². The second-order valence-electron chi connectivity index (χ2n) is 9.22. The zero-order valence-electron chi connectivity index (χ0n) is 22.1. The van der Waals surface area contributed by atoms with Crippen molar-refractivity contribution < 1.29 is 9.53 Å². The van der Waals surface area contributed by atoms with Crippen LogP contribution >= 0.6 is 0 Å². The van der Waals surface area contributed by atoms with E-state index >= 15 is 0 Å². The fraction of sp³-hybridized carbons (Fsp3) is 0.300. The van der Waals surface area contributed by atoms with Gasteiger partial charge in [-0.05, 0) is 61.2 Å². The van der Waals surface area contributed by atoms with Gasteiger partial charge in [-0.3, -0.25) is 9.36 Å². The summed E-state index contributed by atoms with van der Waals surface area (Å²) in [5.41, 5.74) is 2.90. The van der Waals surface area contributed by atoms with Crippen LogP contribution in [0.15, 0.2) is 77.6 Å². The molecule has 0 spiro atoms. The molecule has 1 aromatic heterocycles. The van der Waals surface area contributed by atoms with Gasteiger partial charge in [-0.15, -0.1) is 0 Å². The lowest BCUT2D eigenvalue weighted by atomic mass is 10.0. The van der Waals surface area contributed by atoms with Crippen molar-refractivity contribution in [2.45, 2.75) is 46.1 Å². The third kappa shape index (κ3) is 5.21. The highest BCUT2D eigenvalue weighted by atomic mass is 16.5. The minimum absolute atomic E-state index is 0.204. The van der Waals surface area contributed by atoms with Gasteiger partial charge in [0.1, 0.15) is 11.6 Å². The summed E-state index contributed by atoms with van der Waals surface area (Å²) >= 11 is 0. The first kappa shape index (κ1) is 25.9. The van der Waals surface area contributed by atoms with Gasteiger partial charge < -0.3 is 15.0 Å².